The number of aromatic nitrogens is 1. The van der Waals surface area contributed by atoms with Gasteiger partial charge in [0, 0.05) is 54.6 Å². The maximum absolute atomic E-state index is 14.0. The Morgan fingerprint density at radius 1 is 0.985 bits per heavy atom. The van der Waals surface area contributed by atoms with Crippen LogP contribution in [0.5, 0.6) is 11.5 Å². The summed E-state index contributed by atoms with van der Waals surface area (Å²) in [6.45, 7) is 16.3. The van der Waals surface area contributed by atoms with Gasteiger partial charge in [-0.1, -0.05) is 84.3 Å². The number of carbonyl (C=O) groups is 4. The minimum Gasteiger partial charge on any atom is -0.494 e. The fourth-order valence-corrected chi connectivity index (χ4v) is 10.2. The van der Waals surface area contributed by atoms with Crippen molar-refractivity contribution in [1.82, 2.24) is 25.8 Å². The van der Waals surface area contributed by atoms with E-state index >= 15 is 0 Å². The highest BCUT2D eigenvalue weighted by atomic mass is 35.5. The van der Waals surface area contributed by atoms with Gasteiger partial charge in [0.25, 0.3) is 5.91 Å². The molecule has 1 aromatic heterocycles. The molecule has 4 N–H and O–H groups in total. The summed E-state index contributed by atoms with van der Waals surface area (Å²) in [5.74, 6) is -0.306. The third-order valence-corrected chi connectivity index (χ3v) is 13.7. The Labute approximate surface area is 396 Å². The minimum absolute atomic E-state index is 0.0190. The van der Waals surface area contributed by atoms with Crippen LogP contribution in [0.4, 0.5) is 0 Å². The van der Waals surface area contributed by atoms with E-state index in [2.05, 4.69) is 54.7 Å². The van der Waals surface area contributed by atoms with E-state index in [9.17, 15) is 29.5 Å². The molecule has 0 radical (unpaired) electrons. The number of aryl methyl sites for hydroxylation is 1. The predicted octanol–water partition coefficient (Wildman–Crippen LogP) is 7.24. The Balaban J connectivity index is 0.896. The number of benzene rings is 3. The van der Waals surface area contributed by atoms with Crippen LogP contribution in [0.1, 0.15) is 94.9 Å². The Kier molecular flexibility index (Phi) is 15.9. The van der Waals surface area contributed by atoms with Crippen molar-refractivity contribution in [3.8, 4) is 28.0 Å². The number of ether oxygens (including phenoxy) is 3. The molecular weight excluding hydrogens is 880 g/mol. The van der Waals surface area contributed by atoms with Gasteiger partial charge in [-0.3, -0.25) is 19.2 Å². The number of aliphatic hydroxyl groups excluding tert-OH is 1. The smallest absolute Gasteiger partial charge is 0.251 e. The summed E-state index contributed by atoms with van der Waals surface area (Å²) in [5.41, 5.74) is 4.09. The second-order valence-corrected chi connectivity index (χ2v) is 20.6. The molecule has 2 heterocycles. The fraction of sp³-hybridized carbons (Fsp3) is 0.480. The molecule has 1 saturated heterocycles. The lowest BCUT2D eigenvalue weighted by Gasteiger charge is -2.63. The van der Waals surface area contributed by atoms with E-state index < -0.39 is 46.2 Å². The van der Waals surface area contributed by atoms with Crippen molar-refractivity contribution in [2.24, 2.45) is 16.2 Å². The molecule has 1 aliphatic carbocycles. The summed E-state index contributed by atoms with van der Waals surface area (Å²) in [4.78, 5) is 60.6. The Morgan fingerprint density at radius 2 is 1.65 bits per heavy atom. The summed E-state index contributed by atoms with van der Waals surface area (Å²) in [6.07, 6.45) is 0.262. The number of aliphatic hydroxyl groups is 1. The quantitative estimate of drug-likeness (QED) is 0.0740. The molecule has 2 fully saturated rings. The van der Waals surface area contributed by atoms with Crippen LogP contribution in [0.3, 0.4) is 0 Å². The molecule has 14 nitrogen and oxygen atoms in total. The van der Waals surface area contributed by atoms with E-state index in [1.807, 2.05) is 57.5 Å². The molecule has 2 aliphatic rings. The number of nitrogens with one attached hydrogen (secondary N) is 3. The molecule has 4 aromatic rings. The van der Waals surface area contributed by atoms with Gasteiger partial charge in [-0.05, 0) is 72.7 Å². The lowest BCUT2D eigenvalue weighted by molar-refractivity contribution is -0.164. The van der Waals surface area contributed by atoms with Gasteiger partial charge in [0.05, 0.1) is 39.4 Å². The lowest BCUT2D eigenvalue weighted by atomic mass is 9.49. The fourth-order valence-electron chi connectivity index (χ4n) is 9.16. The number of nitrogens with zero attached hydrogens (tertiary/aromatic N) is 3. The molecule has 352 valence electrons. The monoisotopic (exact) mass is 940 g/mol. The normalized spacial score (nSPS) is 20.0. The van der Waals surface area contributed by atoms with Crippen LogP contribution in [-0.4, -0.2) is 95.3 Å². The van der Waals surface area contributed by atoms with E-state index in [-0.39, 0.29) is 50.1 Å². The Bertz CT molecular complexity index is 2390. The van der Waals surface area contributed by atoms with E-state index in [0.29, 0.717) is 53.7 Å². The third kappa shape index (κ3) is 11.7. The third-order valence-electron chi connectivity index (χ3n) is 12.4. The molecule has 66 heavy (non-hydrogen) atoms. The highest BCUT2D eigenvalue weighted by molar-refractivity contribution is 7.13. The molecule has 0 spiro atoms. The van der Waals surface area contributed by atoms with Crippen LogP contribution in [0.25, 0.3) is 10.4 Å². The molecule has 16 heteroatoms. The molecule has 4 amide bonds. The second kappa shape index (κ2) is 21.0. The molecule has 3 aromatic carbocycles. The van der Waals surface area contributed by atoms with Crippen LogP contribution >= 0.6 is 22.9 Å². The average molecular weight is 942 g/mol. The SMILES string of the molecule is Cc1ncsc1-c1ccc(CNC(=O)[C@@H]2C[C@@H](O)CN2C(=O)[C@@H](NC(=O)COCCCCOc2ccc(C(=O)NC3C(C)(C)C(Oc4ccc(C#N)c(Cl)c4)C3(C)C)cc2)C(C)(C)C)cc1. The van der Waals surface area contributed by atoms with Gasteiger partial charge in [-0.15, -0.1) is 11.3 Å². The van der Waals surface area contributed by atoms with E-state index in [0.717, 1.165) is 21.7 Å². The van der Waals surface area contributed by atoms with Gasteiger partial charge in [0.15, 0.2) is 0 Å². The summed E-state index contributed by atoms with van der Waals surface area (Å²) in [5, 5.41) is 29.0. The number of β-amino-alcohol motifs (C(OH)–C–C–N with tert-alkyl or cyclic N) is 1. The van der Waals surface area contributed by atoms with Gasteiger partial charge >= 0.3 is 0 Å². The zero-order chi connectivity index (χ0) is 48.0. The van der Waals surface area contributed by atoms with Crippen LogP contribution < -0.4 is 25.4 Å². The number of carbonyl (C=O) groups excluding carboxylic acids is 4. The molecule has 0 unspecified atom stereocenters. The van der Waals surface area contributed by atoms with Crippen molar-refractivity contribution >= 4 is 46.6 Å². The molecule has 1 aliphatic heterocycles. The first-order valence-electron chi connectivity index (χ1n) is 22.2. The highest BCUT2D eigenvalue weighted by Gasteiger charge is 2.64. The highest BCUT2D eigenvalue weighted by Crippen LogP contribution is 2.55. The molecular formula is C50H61ClN6O8S. The first kappa shape index (κ1) is 49.9. The molecule has 0 bridgehead atoms. The number of unbranched alkanes of at least 4 members (excludes halogenated alkanes) is 1. The van der Waals surface area contributed by atoms with Crippen molar-refractivity contribution in [2.75, 3.05) is 26.4 Å². The largest absolute Gasteiger partial charge is 0.494 e. The summed E-state index contributed by atoms with van der Waals surface area (Å²) < 4.78 is 17.9. The van der Waals surface area contributed by atoms with Crippen molar-refractivity contribution in [2.45, 2.75) is 112 Å². The van der Waals surface area contributed by atoms with E-state index in [4.69, 9.17) is 25.8 Å². The number of halogens is 1. The Hall–Kier alpha value is -5.53. The predicted molar refractivity (Wildman–Crippen MR) is 253 cm³/mol. The number of hydrogen-bond donors (Lipinski definition) is 4. The maximum atomic E-state index is 14.0. The molecule has 6 rings (SSSR count). The average Bonchev–Trinajstić information content (AvgIpc) is 3.89. The minimum atomic E-state index is -0.965. The lowest BCUT2D eigenvalue weighted by Crippen LogP contribution is -2.74. The summed E-state index contributed by atoms with van der Waals surface area (Å²) in [7, 11) is 0. The van der Waals surface area contributed by atoms with E-state index in [1.54, 1.807) is 53.8 Å². The standard InChI is InChI=1S/C50H61ClN6O8S/c1-30-41(66-29-54-30)32-13-11-31(12-14-32)26-53-44(61)39-23-35(58)27-57(39)45(62)42(48(2,3)4)55-40(59)28-63-21-9-10-22-64-36-18-15-33(16-19-36)43(60)56-46-49(5,6)47(50(46,7)8)65-37-20-17-34(25-52)38(51)24-37/h11-20,24,29,35,39,42,46-47,58H,9-10,21-23,26-28H2,1-8H3,(H,53,61)(H,55,59)(H,56,60)/t35-,39+,42-,46?,47?/m1/s1. The number of rotatable bonds is 18. The van der Waals surface area contributed by atoms with Crippen molar-refractivity contribution in [3.63, 3.8) is 0 Å². The molecule has 3 atom stereocenters. The number of nitriles is 1. The van der Waals surface area contributed by atoms with Crippen molar-refractivity contribution in [1.29, 1.82) is 5.26 Å². The zero-order valence-electron chi connectivity index (χ0n) is 38.9. The van der Waals surface area contributed by atoms with Gasteiger partial charge in [0.2, 0.25) is 17.7 Å². The van der Waals surface area contributed by atoms with Crippen molar-refractivity contribution in [3.05, 3.63) is 99.6 Å². The van der Waals surface area contributed by atoms with Gasteiger partial charge in [-0.25, -0.2) is 4.98 Å². The van der Waals surface area contributed by atoms with Gasteiger partial charge in [0.1, 0.15) is 42.4 Å². The Morgan fingerprint density at radius 3 is 2.27 bits per heavy atom. The van der Waals surface area contributed by atoms with Crippen LogP contribution in [0.15, 0.2) is 72.2 Å². The first-order valence-corrected chi connectivity index (χ1v) is 23.5. The van der Waals surface area contributed by atoms with Gasteiger partial charge in [-0.2, -0.15) is 5.26 Å². The van der Waals surface area contributed by atoms with Crippen LogP contribution in [0.2, 0.25) is 5.02 Å². The number of hydrogen-bond acceptors (Lipinski definition) is 11. The number of amides is 4. The van der Waals surface area contributed by atoms with Crippen LogP contribution in [0, 0.1) is 34.5 Å². The summed E-state index contributed by atoms with van der Waals surface area (Å²) in [6, 6.07) is 19.8. The molecule has 1 saturated carbocycles. The second-order valence-electron chi connectivity index (χ2n) is 19.4. The first-order chi connectivity index (χ1) is 31.2. The number of thiazole rings is 1. The van der Waals surface area contributed by atoms with Crippen molar-refractivity contribution < 1.29 is 38.5 Å². The number of likely N-dealkylation sites (tertiary alicyclic amines) is 1. The van der Waals surface area contributed by atoms with Gasteiger partial charge < -0.3 is 40.2 Å². The summed E-state index contributed by atoms with van der Waals surface area (Å²) >= 11 is 7.80. The zero-order valence-corrected chi connectivity index (χ0v) is 40.5. The maximum Gasteiger partial charge on any atom is 0.251 e. The topological polar surface area (TPSA) is 192 Å². The van der Waals surface area contributed by atoms with E-state index in [1.165, 1.54) is 4.90 Å². The van der Waals surface area contributed by atoms with Crippen LogP contribution in [-0.2, 0) is 25.7 Å².